The van der Waals surface area contributed by atoms with E-state index in [1.807, 2.05) is 14.0 Å². The van der Waals surface area contributed by atoms with Gasteiger partial charge in [-0.3, -0.25) is 0 Å². The third-order valence-electron chi connectivity index (χ3n) is 1.57. The zero-order valence-electron chi connectivity index (χ0n) is 8.87. The molecule has 0 amide bonds. The Morgan fingerprint density at radius 1 is 1.54 bits per heavy atom. The van der Waals surface area contributed by atoms with E-state index in [-0.39, 0.29) is 0 Å². The van der Waals surface area contributed by atoms with Crippen LogP contribution in [-0.2, 0) is 4.79 Å². The lowest BCUT2D eigenvalue weighted by Gasteiger charge is -2.18. The van der Waals surface area contributed by atoms with Gasteiger partial charge in [0.1, 0.15) is 0 Å². The van der Waals surface area contributed by atoms with Gasteiger partial charge in [0.2, 0.25) is 0 Å². The van der Waals surface area contributed by atoms with Crippen LogP contribution in [0.4, 0.5) is 0 Å². The van der Waals surface area contributed by atoms with Crippen molar-refractivity contribution >= 4 is 5.97 Å². The summed E-state index contributed by atoms with van der Waals surface area (Å²) in [4.78, 5) is 12.4. The topological polar surface area (TPSA) is 40.5 Å². The highest BCUT2D eigenvalue weighted by molar-refractivity contribution is 5.80. The lowest BCUT2D eigenvalue weighted by Crippen LogP contribution is -2.25. The monoisotopic (exact) mass is 185 g/mol. The first kappa shape index (κ1) is 12.2. The fraction of sp³-hybridized carbons (Fsp3) is 0.700. The minimum Gasteiger partial charge on any atom is -0.478 e. The smallest absolute Gasteiger partial charge is 0.328 e. The Bertz CT molecular complexity index is 197. The maximum Gasteiger partial charge on any atom is 0.328 e. The van der Waals surface area contributed by atoms with Crippen molar-refractivity contribution in [1.82, 2.24) is 4.90 Å². The molecule has 3 heteroatoms. The summed E-state index contributed by atoms with van der Waals surface area (Å²) in [6, 6.07) is 0. The Kier molecular flexibility index (Phi) is 5.39. The molecule has 13 heavy (non-hydrogen) atoms. The van der Waals surface area contributed by atoms with E-state index in [0.29, 0.717) is 5.92 Å². The van der Waals surface area contributed by atoms with E-state index in [0.717, 1.165) is 18.7 Å². The standard InChI is InChI=1S/C10H19NO2/c1-8(2)6-11(4)7-9(3)5-10(12)13/h5,8H,6-7H2,1-4H3,(H,12,13). The van der Waals surface area contributed by atoms with Crippen LogP contribution in [0.3, 0.4) is 0 Å². The number of carboxylic acids is 1. The zero-order valence-corrected chi connectivity index (χ0v) is 8.87. The van der Waals surface area contributed by atoms with Crippen LogP contribution in [0, 0.1) is 5.92 Å². The van der Waals surface area contributed by atoms with E-state index >= 15 is 0 Å². The highest BCUT2D eigenvalue weighted by atomic mass is 16.4. The molecular formula is C10H19NO2. The summed E-state index contributed by atoms with van der Waals surface area (Å²) in [6.07, 6.45) is 1.26. The first-order chi connectivity index (χ1) is 5.91. The summed E-state index contributed by atoms with van der Waals surface area (Å²) in [5.74, 6) is -0.252. The van der Waals surface area contributed by atoms with Gasteiger partial charge < -0.3 is 10.0 Å². The molecule has 1 N–H and O–H groups in total. The molecule has 0 bridgehead atoms. The molecule has 0 spiro atoms. The summed E-state index contributed by atoms with van der Waals surface area (Å²) < 4.78 is 0. The van der Waals surface area contributed by atoms with Crippen molar-refractivity contribution in [2.45, 2.75) is 20.8 Å². The molecule has 0 saturated carbocycles. The Morgan fingerprint density at radius 2 is 2.08 bits per heavy atom. The summed E-state index contributed by atoms with van der Waals surface area (Å²) in [5, 5.41) is 8.48. The van der Waals surface area contributed by atoms with Gasteiger partial charge in [-0.15, -0.1) is 0 Å². The average molecular weight is 185 g/mol. The predicted octanol–water partition coefficient (Wildman–Crippen LogP) is 1.61. The van der Waals surface area contributed by atoms with Gasteiger partial charge in [0, 0.05) is 19.2 Å². The number of nitrogens with zero attached hydrogens (tertiary/aromatic N) is 1. The lowest BCUT2D eigenvalue weighted by atomic mass is 10.2. The van der Waals surface area contributed by atoms with Crippen LogP contribution in [0.1, 0.15) is 20.8 Å². The quantitative estimate of drug-likeness (QED) is 0.661. The van der Waals surface area contributed by atoms with Gasteiger partial charge >= 0.3 is 5.97 Å². The van der Waals surface area contributed by atoms with Crippen LogP contribution in [-0.4, -0.2) is 36.1 Å². The van der Waals surface area contributed by atoms with E-state index in [1.54, 1.807) is 0 Å². The van der Waals surface area contributed by atoms with Crippen LogP contribution in [0.15, 0.2) is 11.6 Å². The lowest BCUT2D eigenvalue weighted by molar-refractivity contribution is -0.131. The second-order valence-electron chi connectivity index (χ2n) is 3.92. The molecule has 76 valence electrons. The predicted molar refractivity (Wildman–Crippen MR) is 53.7 cm³/mol. The Labute approximate surface area is 80.0 Å². The SMILES string of the molecule is CC(=CC(=O)O)CN(C)CC(C)C. The maximum absolute atomic E-state index is 10.3. The third-order valence-corrected chi connectivity index (χ3v) is 1.57. The molecule has 0 unspecified atom stereocenters. The van der Waals surface area contributed by atoms with E-state index in [1.165, 1.54) is 6.08 Å². The van der Waals surface area contributed by atoms with Crippen molar-refractivity contribution in [2.75, 3.05) is 20.1 Å². The number of aliphatic carboxylic acids is 1. The molecule has 0 heterocycles. The van der Waals surface area contributed by atoms with Crippen molar-refractivity contribution in [2.24, 2.45) is 5.92 Å². The fourth-order valence-corrected chi connectivity index (χ4v) is 1.37. The number of hydrogen-bond acceptors (Lipinski definition) is 2. The van der Waals surface area contributed by atoms with Crippen molar-refractivity contribution in [3.63, 3.8) is 0 Å². The van der Waals surface area contributed by atoms with Gasteiger partial charge in [0.25, 0.3) is 0 Å². The number of hydrogen-bond donors (Lipinski definition) is 1. The van der Waals surface area contributed by atoms with Gasteiger partial charge in [-0.2, -0.15) is 0 Å². The number of carbonyl (C=O) groups is 1. The average Bonchev–Trinajstić information content (AvgIpc) is 1.80. The summed E-state index contributed by atoms with van der Waals surface area (Å²) in [7, 11) is 2.00. The Morgan fingerprint density at radius 3 is 2.46 bits per heavy atom. The minimum atomic E-state index is -0.865. The van der Waals surface area contributed by atoms with Crippen molar-refractivity contribution < 1.29 is 9.90 Å². The molecule has 0 aliphatic carbocycles. The first-order valence-corrected chi connectivity index (χ1v) is 4.50. The van der Waals surface area contributed by atoms with Gasteiger partial charge in [0.05, 0.1) is 0 Å². The van der Waals surface area contributed by atoms with Crippen molar-refractivity contribution in [3.05, 3.63) is 11.6 Å². The van der Waals surface area contributed by atoms with Crippen molar-refractivity contribution in [3.8, 4) is 0 Å². The number of rotatable bonds is 5. The molecule has 0 aliphatic rings. The van der Waals surface area contributed by atoms with Crippen LogP contribution >= 0.6 is 0 Å². The molecule has 0 rings (SSSR count). The third kappa shape index (κ3) is 7.53. The Balaban J connectivity index is 3.91. The van der Waals surface area contributed by atoms with Crippen LogP contribution in [0.25, 0.3) is 0 Å². The second-order valence-corrected chi connectivity index (χ2v) is 3.92. The highest BCUT2D eigenvalue weighted by Crippen LogP contribution is 2.00. The van der Waals surface area contributed by atoms with Crippen LogP contribution in [0.2, 0.25) is 0 Å². The zero-order chi connectivity index (χ0) is 10.4. The van der Waals surface area contributed by atoms with Gasteiger partial charge in [-0.25, -0.2) is 4.79 Å². The highest BCUT2D eigenvalue weighted by Gasteiger charge is 2.02. The molecule has 3 nitrogen and oxygen atoms in total. The van der Waals surface area contributed by atoms with Crippen LogP contribution < -0.4 is 0 Å². The van der Waals surface area contributed by atoms with Gasteiger partial charge in [-0.1, -0.05) is 19.4 Å². The molecule has 0 saturated heterocycles. The largest absolute Gasteiger partial charge is 0.478 e. The minimum absolute atomic E-state index is 0.614. The molecule has 0 fully saturated rings. The van der Waals surface area contributed by atoms with E-state index in [4.69, 9.17) is 5.11 Å². The molecular weight excluding hydrogens is 166 g/mol. The summed E-state index contributed by atoms with van der Waals surface area (Å²) >= 11 is 0. The molecule has 0 radical (unpaired) electrons. The number of likely N-dealkylation sites (N-methyl/N-ethyl adjacent to an activating group) is 1. The molecule has 0 aromatic rings. The summed E-state index contributed by atoms with van der Waals surface area (Å²) in [6.45, 7) is 7.85. The Hall–Kier alpha value is -0.830. The normalized spacial score (nSPS) is 12.6. The number of carboxylic acid groups (broad SMARTS) is 1. The fourth-order valence-electron chi connectivity index (χ4n) is 1.37. The molecule has 0 aromatic heterocycles. The summed E-state index contributed by atoms with van der Waals surface area (Å²) in [5.41, 5.74) is 0.885. The maximum atomic E-state index is 10.3. The van der Waals surface area contributed by atoms with Crippen molar-refractivity contribution in [1.29, 1.82) is 0 Å². The van der Waals surface area contributed by atoms with E-state index < -0.39 is 5.97 Å². The van der Waals surface area contributed by atoms with Gasteiger partial charge in [-0.05, 0) is 19.9 Å². The first-order valence-electron chi connectivity index (χ1n) is 4.50. The van der Waals surface area contributed by atoms with Gasteiger partial charge in [0.15, 0.2) is 0 Å². The van der Waals surface area contributed by atoms with Crippen LogP contribution in [0.5, 0.6) is 0 Å². The molecule has 0 aromatic carbocycles. The van der Waals surface area contributed by atoms with E-state index in [2.05, 4.69) is 18.7 Å². The molecule has 0 aliphatic heterocycles. The second kappa shape index (κ2) is 5.75. The van der Waals surface area contributed by atoms with E-state index in [9.17, 15) is 4.79 Å². The molecule has 0 atom stereocenters.